The number of benzene rings is 2. The van der Waals surface area contributed by atoms with Crippen LogP contribution in [0.4, 0.5) is 0 Å². The van der Waals surface area contributed by atoms with Gasteiger partial charge in [-0.25, -0.2) is 5.57 Å². The summed E-state index contributed by atoms with van der Waals surface area (Å²) >= 11 is 1.74. The van der Waals surface area contributed by atoms with Gasteiger partial charge in [0.1, 0.15) is 0 Å². The Labute approximate surface area is 229 Å². The van der Waals surface area contributed by atoms with E-state index in [1.165, 1.54) is 50.6 Å². The molecule has 0 heterocycles. The van der Waals surface area contributed by atoms with E-state index in [-0.39, 0.29) is 30.2 Å². The number of hydrogen-bond donors (Lipinski definition) is 0. The molecule has 1 aliphatic rings. The maximum Gasteiger partial charge on any atom is -0.147 e. The first-order valence-corrected chi connectivity index (χ1v) is 17.5. The van der Waals surface area contributed by atoms with Gasteiger partial charge in [0.15, 0.2) is 0 Å². The van der Waals surface area contributed by atoms with Crippen LogP contribution in [0.3, 0.4) is 0 Å². The van der Waals surface area contributed by atoms with E-state index in [4.69, 9.17) is 0 Å². The van der Waals surface area contributed by atoms with Crippen LogP contribution in [-0.2, 0) is 29.8 Å². The van der Waals surface area contributed by atoms with Crippen molar-refractivity contribution in [1.29, 1.82) is 0 Å². The molecule has 0 saturated carbocycles. The van der Waals surface area contributed by atoms with Crippen molar-refractivity contribution in [2.75, 3.05) is 0 Å². The van der Waals surface area contributed by atoms with Crippen LogP contribution in [0.15, 0.2) is 77.4 Å². The second-order valence-electron chi connectivity index (χ2n) is 8.54. The van der Waals surface area contributed by atoms with Crippen molar-refractivity contribution < 1.29 is 23.3 Å². The second-order valence-corrected chi connectivity index (χ2v) is 17.9. The van der Waals surface area contributed by atoms with Crippen LogP contribution in [0.25, 0.3) is 21.9 Å². The normalized spacial score (nSPS) is 14.2. The van der Waals surface area contributed by atoms with Crippen LogP contribution in [0, 0.1) is 12.0 Å². The van der Waals surface area contributed by atoms with Crippen LogP contribution in [0.1, 0.15) is 46.6 Å². The molecule has 33 heavy (non-hydrogen) atoms. The summed E-state index contributed by atoms with van der Waals surface area (Å²) in [5, 5.41) is 2.69. The second kappa shape index (κ2) is 16.0. The molecule has 4 heteroatoms. The molecule has 0 amide bonds. The van der Waals surface area contributed by atoms with Crippen molar-refractivity contribution in [2.24, 2.45) is 5.92 Å². The molecule has 176 valence electrons. The molecule has 0 bridgehead atoms. The van der Waals surface area contributed by atoms with Crippen molar-refractivity contribution in [1.82, 2.24) is 0 Å². The number of fused-ring (bicyclic) bond motifs is 1. The van der Waals surface area contributed by atoms with E-state index in [2.05, 4.69) is 114 Å². The summed E-state index contributed by atoms with van der Waals surface area (Å²) < 4.78 is 0. The fraction of sp³-hybridized carbons (Fsp3) is 0.345. The van der Waals surface area contributed by atoms with Crippen molar-refractivity contribution in [3.05, 3.63) is 89.0 Å². The molecule has 0 aromatic heterocycles. The third-order valence-corrected chi connectivity index (χ3v) is 5.74. The monoisotopic (exact) mass is 574 g/mol. The van der Waals surface area contributed by atoms with Crippen LogP contribution < -0.4 is 0 Å². The average molecular weight is 577 g/mol. The molecule has 0 spiro atoms. The Morgan fingerprint density at radius 2 is 1.52 bits per heavy atom. The van der Waals surface area contributed by atoms with E-state index in [1.54, 1.807) is 23.3 Å². The molecule has 0 radical (unpaired) electrons. The first kappa shape index (κ1) is 32.2. The van der Waals surface area contributed by atoms with Gasteiger partial charge in [-0.15, -0.1) is 78.4 Å². The summed E-state index contributed by atoms with van der Waals surface area (Å²) in [4.78, 5) is 0. The van der Waals surface area contributed by atoms with Gasteiger partial charge in [-0.2, -0.15) is 11.1 Å². The van der Waals surface area contributed by atoms with E-state index in [1.807, 2.05) is 0 Å². The Morgan fingerprint density at radius 3 is 2.03 bits per heavy atom. The van der Waals surface area contributed by atoms with Gasteiger partial charge in [-0.1, -0.05) is 81.5 Å². The van der Waals surface area contributed by atoms with Crippen LogP contribution in [0.2, 0.25) is 13.1 Å². The minimum absolute atomic E-state index is 0. The zero-order chi connectivity index (χ0) is 23.0. The average Bonchev–Trinajstić information content (AvgIpc) is 3.26. The number of hydrogen-bond acceptors (Lipinski definition) is 0. The van der Waals surface area contributed by atoms with E-state index in [9.17, 15) is 0 Å². The fourth-order valence-corrected chi connectivity index (χ4v) is 3.82. The van der Waals surface area contributed by atoms with Crippen molar-refractivity contribution in [3.63, 3.8) is 0 Å². The van der Waals surface area contributed by atoms with Crippen LogP contribution in [-0.4, -0.2) is 5.43 Å². The molecular weight excluding hydrogens is 539 g/mol. The third kappa shape index (κ3) is 9.41. The summed E-state index contributed by atoms with van der Waals surface area (Å²) in [5.41, 5.74) is 8.67. The maximum atomic E-state index is 3.36. The third-order valence-electron chi connectivity index (χ3n) is 5.74. The molecular formula is C29H38Cl2SiZr. The SMILES string of the molecule is CC1=[C-]C(C)C(C)=C1C.CCCc1ccccc1-c1c[cH-]c2ccccc12.C[Si](C)=[Zr+2].Cl.Cl. The summed E-state index contributed by atoms with van der Waals surface area (Å²) in [6, 6.07) is 21.9. The summed E-state index contributed by atoms with van der Waals surface area (Å²) in [6.45, 7) is 15.5. The molecule has 1 atom stereocenters. The van der Waals surface area contributed by atoms with Crippen molar-refractivity contribution in [3.8, 4) is 11.1 Å². The summed E-state index contributed by atoms with van der Waals surface area (Å²) in [6.07, 6.45) is 5.70. The van der Waals surface area contributed by atoms with Gasteiger partial charge >= 0.3 is 41.9 Å². The molecule has 0 aliphatic heterocycles. The molecule has 0 nitrogen and oxygen atoms in total. The maximum absolute atomic E-state index is 3.36. The number of allylic oxidation sites excluding steroid dienone is 4. The van der Waals surface area contributed by atoms with E-state index in [0.29, 0.717) is 5.92 Å². The van der Waals surface area contributed by atoms with Crippen LogP contribution in [0.5, 0.6) is 0 Å². The number of rotatable bonds is 3. The van der Waals surface area contributed by atoms with E-state index >= 15 is 0 Å². The van der Waals surface area contributed by atoms with E-state index < -0.39 is 0 Å². The zero-order valence-electron chi connectivity index (χ0n) is 21.1. The Kier molecular flexibility index (Phi) is 15.6. The van der Waals surface area contributed by atoms with Gasteiger partial charge in [0.25, 0.3) is 0 Å². The minimum atomic E-state index is 0. The van der Waals surface area contributed by atoms with E-state index in [0.717, 1.165) is 6.42 Å². The standard InChI is InChI=1S/C18H17.C9H13.C2H6Si.2ClH.Zr/c1-2-7-14-8-3-5-10-16(14)18-13-12-15-9-4-6-11-17(15)18;1-6-5-7(2)9(4)8(6)3;1-3-2;;;/h3-6,8-13H,2,7H2,1H3;6H,1-4H3;1-2H3;2*1H;/q2*-1;;;;+2. The summed E-state index contributed by atoms with van der Waals surface area (Å²) in [5.74, 6) is 0.560. The minimum Gasteiger partial charge on any atom is -0.147 e. The van der Waals surface area contributed by atoms with Gasteiger partial charge in [-0.05, 0) is 6.42 Å². The van der Waals surface area contributed by atoms with Gasteiger partial charge in [0.05, 0.1) is 0 Å². The Morgan fingerprint density at radius 1 is 0.939 bits per heavy atom. The topological polar surface area (TPSA) is 0 Å². The first-order valence-electron chi connectivity index (χ1n) is 11.3. The van der Waals surface area contributed by atoms with Crippen LogP contribution >= 0.6 is 24.8 Å². The predicted octanol–water partition coefficient (Wildman–Crippen LogP) is 9.53. The molecule has 0 saturated heterocycles. The van der Waals surface area contributed by atoms with Gasteiger partial charge in [-0.3, -0.25) is 6.08 Å². The molecule has 0 N–H and O–H groups in total. The van der Waals surface area contributed by atoms with Gasteiger partial charge < -0.3 is 0 Å². The largest absolute Gasteiger partial charge is 0.147 e. The quantitative estimate of drug-likeness (QED) is 0.215. The molecule has 3 aromatic rings. The van der Waals surface area contributed by atoms with Crippen molar-refractivity contribution in [2.45, 2.75) is 60.6 Å². The van der Waals surface area contributed by atoms with Gasteiger partial charge in [0, 0.05) is 0 Å². The van der Waals surface area contributed by atoms with Gasteiger partial charge in [0.2, 0.25) is 0 Å². The Balaban J connectivity index is 0.000000580. The zero-order valence-corrected chi connectivity index (χ0v) is 26.2. The number of halogens is 2. The molecule has 3 aromatic carbocycles. The van der Waals surface area contributed by atoms with Crippen molar-refractivity contribution >= 4 is 41.0 Å². The molecule has 1 aliphatic carbocycles. The Hall–Kier alpha value is -0.790. The first-order chi connectivity index (χ1) is 14.8. The fourth-order valence-electron chi connectivity index (χ4n) is 3.82. The summed E-state index contributed by atoms with van der Waals surface area (Å²) in [7, 11) is 0. The molecule has 0 fully saturated rings. The predicted molar refractivity (Wildman–Crippen MR) is 151 cm³/mol. The molecule has 1 unspecified atom stereocenters. The smallest absolute Gasteiger partial charge is 0.147 e. The Bertz CT molecular complexity index is 1090. The number of aryl methyl sites for hydroxylation is 1. The molecule has 4 rings (SSSR count).